The second-order valence-corrected chi connectivity index (χ2v) is 10.1. The molecule has 0 aliphatic carbocycles. The van der Waals surface area contributed by atoms with Crippen LogP contribution < -0.4 is 10.6 Å². The fraction of sp³-hybridized carbons (Fsp3) is 0.385. The second kappa shape index (κ2) is 12.9. The Kier molecular flexibility index (Phi) is 10.3. The Labute approximate surface area is 204 Å². The number of benzene rings is 2. The van der Waals surface area contributed by atoms with Gasteiger partial charge in [0.15, 0.2) is 9.99 Å². The molecule has 2 rings (SSSR count). The fourth-order valence-electron chi connectivity index (χ4n) is 3.65. The molecule has 2 atom stereocenters. The third-order valence-electron chi connectivity index (χ3n) is 5.09. The fourth-order valence-corrected chi connectivity index (χ4v) is 4.87. The lowest BCUT2D eigenvalue weighted by atomic mass is 10.00. The first-order valence-corrected chi connectivity index (χ1v) is 12.0. The molecule has 0 heterocycles. The zero-order valence-corrected chi connectivity index (χ0v) is 20.6. The highest BCUT2D eigenvalue weighted by molar-refractivity contribution is 8.15. The third-order valence-corrected chi connectivity index (χ3v) is 6.18. The predicted molar refractivity (Wildman–Crippen MR) is 133 cm³/mol. The van der Waals surface area contributed by atoms with E-state index < -0.39 is 22.8 Å². The molecule has 0 bridgehead atoms. The lowest BCUT2D eigenvalue weighted by Gasteiger charge is -2.34. The number of carbonyl (C=O) groups is 4. The van der Waals surface area contributed by atoms with Crippen LogP contribution in [0.3, 0.4) is 0 Å². The number of rotatable bonds is 12. The molecule has 0 aliphatic rings. The predicted octanol–water partition coefficient (Wildman–Crippen LogP) is 3.57. The smallest absolute Gasteiger partial charge is 0.326 e. The summed E-state index contributed by atoms with van der Waals surface area (Å²) < 4.78 is 0. The molecule has 0 fully saturated rings. The van der Waals surface area contributed by atoms with Crippen LogP contribution in [0.25, 0.3) is 0 Å². The lowest BCUT2D eigenvalue weighted by molar-refractivity contribution is -0.142. The van der Waals surface area contributed by atoms with Gasteiger partial charge in [0, 0.05) is 19.8 Å². The van der Waals surface area contributed by atoms with E-state index in [4.69, 9.17) is 0 Å². The molecular formula is C26H32N2O5S. The standard InChI is InChI=1S/C26H32N2O5S/c1-18(2)17-26(34-19(3)29,28-23(30)15-14-20-10-6-4-7-11-20)25(33)27-22(24(31)32)16-21-12-8-5-9-13-21/h4-13,18,22H,14-17H2,1-3H3,(H,27,33)(H,28,30)(H,31,32)/t22-,26?/m0/s1. The average Bonchev–Trinajstić information content (AvgIpc) is 2.77. The number of hydrogen-bond acceptors (Lipinski definition) is 5. The van der Waals surface area contributed by atoms with Crippen molar-refractivity contribution in [3.8, 4) is 0 Å². The average molecular weight is 485 g/mol. The molecule has 34 heavy (non-hydrogen) atoms. The van der Waals surface area contributed by atoms with E-state index in [0.717, 1.165) is 22.9 Å². The van der Waals surface area contributed by atoms with Crippen molar-refractivity contribution in [3.05, 3.63) is 71.8 Å². The van der Waals surface area contributed by atoms with Crippen LogP contribution in [0.2, 0.25) is 0 Å². The molecule has 3 N–H and O–H groups in total. The van der Waals surface area contributed by atoms with E-state index in [1.54, 1.807) is 24.3 Å². The van der Waals surface area contributed by atoms with Gasteiger partial charge < -0.3 is 15.7 Å². The first-order chi connectivity index (χ1) is 16.1. The Morgan fingerprint density at radius 3 is 2.00 bits per heavy atom. The lowest BCUT2D eigenvalue weighted by Crippen LogP contribution is -2.60. The van der Waals surface area contributed by atoms with Crippen LogP contribution in [-0.2, 0) is 32.0 Å². The first-order valence-electron chi connectivity index (χ1n) is 11.2. The van der Waals surface area contributed by atoms with Gasteiger partial charge >= 0.3 is 5.97 Å². The number of thioether (sulfide) groups is 1. The van der Waals surface area contributed by atoms with Crippen molar-refractivity contribution in [2.75, 3.05) is 0 Å². The number of carboxylic acid groups (broad SMARTS) is 1. The highest BCUT2D eigenvalue weighted by Gasteiger charge is 2.44. The maximum absolute atomic E-state index is 13.5. The Morgan fingerprint density at radius 2 is 1.50 bits per heavy atom. The number of hydrogen-bond donors (Lipinski definition) is 3. The summed E-state index contributed by atoms with van der Waals surface area (Å²) >= 11 is 0.718. The van der Waals surface area contributed by atoms with Crippen LogP contribution in [0.1, 0.15) is 44.7 Å². The summed E-state index contributed by atoms with van der Waals surface area (Å²) in [6.07, 6.45) is 0.842. The first kappa shape index (κ1) is 27.1. The van der Waals surface area contributed by atoms with Crippen LogP contribution in [0.5, 0.6) is 0 Å². The minimum absolute atomic E-state index is 0.0515. The number of carboxylic acids is 1. The molecule has 2 amide bonds. The van der Waals surface area contributed by atoms with Gasteiger partial charge in [-0.05, 0) is 29.9 Å². The number of aryl methyl sites for hydroxylation is 1. The third kappa shape index (κ3) is 8.67. The summed E-state index contributed by atoms with van der Waals surface area (Å²) in [6.45, 7) is 5.07. The summed E-state index contributed by atoms with van der Waals surface area (Å²) in [7, 11) is 0. The van der Waals surface area contributed by atoms with Crippen molar-refractivity contribution >= 4 is 34.7 Å². The zero-order chi connectivity index (χ0) is 25.1. The normalized spacial score (nSPS) is 13.5. The van der Waals surface area contributed by atoms with E-state index in [-0.39, 0.29) is 36.2 Å². The van der Waals surface area contributed by atoms with E-state index in [1.807, 2.05) is 50.2 Å². The number of aliphatic carboxylic acids is 1. The Hall–Kier alpha value is -3.13. The van der Waals surface area contributed by atoms with Crippen molar-refractivity contribution in [1.29, 1.82) is 0 Å². The molecule has 0 saturated heterocycles. The molecule has 1 unspecified atom stereocenters. The minimum Gasteiger partial charge on any atom is -0.480 e. The topological polar surface area (TPSA) is 113 Å². The SMILES string of the molecule is CC(=O)SC(CC(C)C)(NC(=O)CCc1ccccc1)C(=O)N[C@@H](Cc1ccccc1)C(=O)O. The van der Waals surface area contributed by atoms with Gasteiger partial charge in [-0.25, -0.2) is 4.79 Å². The molecule has 182 valence electrons. The van der Waals surface area contributed by atoms with Crippen molar-refractivity contribution in [2.45, 2.75) is 57.4 Å². The van der Waals surface area contributed by atoms with Gasteiger partial charge in [-0.1, -0.05) is 86.3 Å². The van der Waals surface area contributed by atoms with Gasteiger partial charge in [0.05, 0.1) is 0 Å². The summed E-state index contributed by atoms with van der Waals surface area (Å²) in [5.41, 5.74) is 1.72. The van der Waals surface area contributed by atoms with Crippen LogP contribution in [0.15, 0.2) is 60.7 Å². The van der Waals surface area contributed by atoms with Gasteiger partial charge in [0.25, 0.3) is 5.91 Å². The number of amides is 2. The summed E-state index contributed by atoms with van der Waals surface area (Å²) in [4.78, 5) is 48.8. The van der Waals surface area contributed by atoms with Crippen LogP contribution in [0.4, 0.5) is 0 Å². The van der Waals surface area contributed by atoms with Crippen molar-refractivity contribution < 1.29 is 24.3 Å². The van der Waals surface area contributed by atoms with Gasteiger partial charge in [-0.15, -0.1) is 0 Å². The number of nitrogens with one attached hydrogen (secondary N) is 2. The summed E-state index contributed by atoms with van der Waals surface area (Å²) in [6, 6.07) is 17.2. The molecule has 0 radical (unpaired) electrons. The van der Waals surface area contributed by atoms with Gasteiger partial charge in [0.1, 0.15) is 6.04 Å². The largest absolute Gasteiger partial charge is 0.480 e. The van der Waals surface area contributed by atoms with E-state index in [1.165, 1.54) is 6.92 Å². The van der Waals surface area contributed by atoms with Crippen molar-refractivity contribution in [1.82, 2.24) is 10.6 Å². The summed E-state index contributed by atoms with van der Waals surface area (Å²) in [5.74, 6) is -2.33. The molecule has 0 spiro atoms. The quantitative estimate of drug-likeness (QED) is 0.397. The van der Waals surface area contributed by atoms with Gasteiger partial charge in [0.2, 0.25) is 5.91 Å². The van der Waals surface area contributed by atoms with E-state index in [2.05, 4.69) is 10.6 Å². The molecule has 0 aliphatic heterocycles. The Bertz CT molecular complexity index is 981. The second-order valence-electron chi connectivity index (χ2n) is 8.61. The molecule has 8 heteroatoms. The number of carbonyl (C=O) groups excluding carboxylic acids is 3. The van der Waals surface area contributed by atoms with Crippen LogP contribution in [-0.4, -0.2) is 38.9 Å². The minimum atomic E-state index is -1.61. The molecule has 2 aromatic carbocycles. The monoisotopic (exact) mass is 484 g/mol. The Balaban J connectivity index is 2.25. The molecule has 7 nitrogen and oxygen atoms in total. The van der Waals surface area contributed by atoms with Crippen molar-refractivity contribution in [2.24, 2.45) is 5.92 Å². The molecule has 2 aromatic rings. The van der Waals surface area contributed by atoms with Crippen molar-refractivity contribution in [3.63, 3.8) is 0 Å². The van der Waals surface area contributed by atoms with E-state index in [0.29, 0.717) is 6.42 Å². The van der Waals surface area contributed by atoms with Crippen LogP contribution >= 0.6 is 11.8 Å². The van der Waals surface area contributed by atoms with Gasteiger partial charge in [-0.2, -0.15) is 0 Å². The molecular weight excluding hydrogens is 452 g/mol. The Morgan fingerprint density at radius 1 is 0.941 bits per heavy atom. The highest BCUT2D eigenvalue weighted by atomic mass is 32.2. The highest BCUT2D eigenvalue weighted by Crippen LogP contribution is 2.31. The maximum Gasteiger partial charge on any atom is 0.326 e. The van der Waals surface area contributed by atoms with Crippen LogP contribution in [0, 0.1) is 5.92 Å². The zero-order valence-electron chi connectivity index (χ0n) is 19.7. The van der Waals surface area contributed by atoms with E-state index in [9.17, 15) is 24.3 Å². The molecule has 0 saturated carbocycles. The maximum atomic E-state index is 13.5. The summed E-state index contributed by atoms with van der Waals surface area (Å²) in [5, 5.41) is 14.7. The van der Waals surface area contributed by atoms with E-state index >= 15 is 0 Å². The molecule has 0 aromatic heterocycles. The van der Waals surface area contributed by atoms with Gasteiger partial charge in [-0.3, -0.25) is 14.4 Å².